The Morgan fingerprint density at radius 1 is 1.16 bits per heavy atom. The van der Waals surface area contributed by atoms with Crippen molar-refractivity contribution < 1.29 is 9.53 Å². The van der Waals surface area contributed by atoms with Crippen LogP contribution in [-0.4, -0.2) is 26.4 Å². The molecule has 1 amide bonds. The molecular formula is C23H26Cl2N4O2S. The molecule has 0 bridgehead atoms. The molecule has 0 radical (unpaired) electrons. The maximum absolute atomic E-state index is 12.3. The number of aromatic nitrogens is 3. The summed E-state index contributed by atoms with van der Waals surface area (Å²) in [6.45, 7) is 8.44. The number of anilines is 1. The van der Waals surface area contributed by atoms with Gasteiger partial charge in [0.05, 0.1) is 16.5 Å². The lowest BCUT2D eigenvalue weighted by molar-refractivity contribution is -0.113. The molecule has 0 aliphatic rings. The Hall–Kier alpha value is -2.22. The van der Waals surface area contributed by atoms with E-state index in [1.807, 2.05) is 30.7 Å². The van der Waals surface area contributed by atoms with Crippen molar-refractivity contribution in [2.75, 3.05) is 11.1 Å². The summed E-state index contributed by atoms with van der Waals surface area (Å²) in [5, 5.41) is 12.8. The van der Waals surface area contributed by atoms with Gasteiger partial charge in [0.1, 0.15) is 5.75 Å². The maximum atomic E-state index is 12.3. The second-order valence-corrected chi connectivity index (χ2v) is 10.2. The first-order chi connectivity index (χ1) is 15.0. The van der Waals surface area contributed by atoms with E-state index >= 15 is 0 Å². The van der Waals surface area contributed by atoms with Crippen LogP contribution in [0.2, 0.25) is 10.0 Å². The number of ether oxygens (including phenoxy) is 1. The van der Waals surface area contributed by atoms with Crippen molar-refractivity contribution >= 4 is 46.6 Å². The van der Waals surface area contributed by atoms with Crippen LogP contribution in [0.25, 0.3) is 0 Å². The number of amides is 1. The van der Waals surface area contributed by atoms with Crippen LogP contribution in [0.5, 0.6) is 5.75 Å². The third-order valence-corrected chi connectivity index (χ3v) is 6.39. The number of thioether (sulfide) groups is 1. The molecule has 1 atom stereocenters. The van der Waals surface area contributed by atoms with E-state index in [1.54, 1.807) is 18.2 Å². The number of rotatable bonds is 7. The summed E-state index contributed by atoms with van der Waals surface area (Å²) in [4.78, 5) is 12.3. The topological polar surface area (TPSA) is 69.0 Å². The Bertz CT molecular complexity index is 1090. The van der Waals surface area contributed by atoms with Crippen LogP contribution in [0.4, 0.5) is 5.69 Å². The predicted octanol–water partition coefficient (Wildman–Crippen LogP) is 6.29. The second-order valence-electron chi connectivity index (χ2n) is 8.40. The summed E-state index contributed by atoms with van der Waals surface area (Å²) in [5.74, 6) is 1.37. The molecule has 1 unspecified atom stereocenters. The minimum atomic E-state index is -0.304. The van der Waals surface area contributed by atoms with Crippen LogP contribution < -0.4 is 10.1 Å². The van der Waals surface area contributed by atoms with Crippen LogP contribution in [0.15, 0.2) is 47.6 Å². The highest BCUT2D eigenvalue weighted by molar-refractivity contribution is 7.99. The van der Waals surface area contributed by atoms with Gasteiger partial charge in [0.25, 0.3) is 0 Å². The van der Waals surface area contributed by atoms with E-state index in [2.05, 4.69) is 48.4 Å². The van der Waals surface area contributed by atoms with Gasteiger partial charge in [-0.25, -0.2) is 0 Å². The van der Waals surface area contributed by atoms with E-state index in [4.69, 9.17) is 27.9 Å². The molecule has 170 valence electrons. The standard InChI is InChI=1S/C23H26Cl2N4O2S/c1-14(31-17-9-6-15(7-10-17)23(2,3)4)21-27-28-22(29(21)5)32-13-20(30)26-19-12-16(24)8-11-18(19)25/h6-12,14H,13H2,1-5H3,(H,26,30). The number of hydrogen-bond donors (Lipinski definition) is 1. The molecule has 0 spiro atoms. The molecule has 1 N–H and O–H groups in total. The average Bonchev–Trinajstić information content (AvgIpc) is 3.09. The molecule has 6 nitrogen and oxygen atoms in total. The number of benzene rings is 2. The van der Waals surface area contributed by atoms with Gasteiger partial charge in [-0.1, -0.05) is 67.9 Å². The number of carbonyl (C=O) groups excluding carboxylic acids is 1. The summed E-state index contributed by atoms with van der Waals surface area (Å²) < 4.78 is 7.88. The lowest BCUT2D eigenvalue weighted by Gasteiger charge is -2.20. The van der Waals surface area contributed by atoms with E-state index in [-0.39, 0.29) is 23.2 Å². The van der Waals surface area contributed by atoms with Gasteiger partial charge in [-0.05, 0) is 48.2 Å². The van der Waals surface area contributed by atoms with Gasteiger partial charge < -0.3 is 14.6 Å². The van der Waals surface area contributed by atoms with Gasteiger partial charge >= 0.3 is 0 Å². The molecule has 1 aromatic heterocycles. The van der Waals surface area contributed by atoms with Gasteiger partial charge in [-0.2, -0.15) is 0 Å². The van der Waals surface area contributed by atoms with Gasteiger partial charge in [-0.3, -0.25) is 4.79 Å². The molecule has 0 saturated carbocycles. The quantitative estimate of drug-likeness (QED) is 0.392. The van der Waals surface area contributed by atoms with Crippen molar-refractivity contribution in [1.29, 1.82) is 0 Å². The van der Waals surface area contributed by atoms with Gasteiger partial charge in [0, 0.05) is 12.1 Å². The number of hydrogen-bond acceptors (Lipinski definition) is 5. The van der Waals surface area contributed by atoms with E-state index in [1.165, 1.54) is 17.3 Å². The Balaban J connectivity index is 1.59. The van der Waals surface area contributed by atoms with Crippen molar-refractivity contribution in [1.82, 2.24) is 14.8 Å². The van der Waals surface area contributed by atoms with Gasteiger partial charge in [-0.15, -0.1) is 10.2 Å². The number of carbonyl (C=O) groups is 1. The highest BCUT2D eigenvalue weighted by Crippen LogP contribution is 2.28. The molecule has 3 rings (SSSR count). The molecule has 32 heavy (non-hydrogen) atoms. The minimum absolute atomic E-state index is 0.0876. The van der Waals surface area contributed by atoms with E-state index in [0.29, 0.717) is 26.7 Å². The van der Waals surface area contributed by atoms with Crippen LogP contribution in [0.1, 0.15) is 45.2 Å². The molecule has 9 heteroatoms. The molecular weight excluding hydrogens is 467 g/mol. The lowest BCUT2D eigenvalue weighted by Crippen LogP contribution is -2.15. The zero-order chi connectivity index (χ0) is 23.5. The first kappa shape index (κ1) is 24.4. The third-order valence-electron chi connectivity index (χ3n) is 4.80. The average molecular weight is 493 g/mol. The molecule has 1 heterocycles. The fraction of sp³-hybridized carbons (Fsp3) is 0.348. The van der Waals surface area contributed by atoms with Crippen LogP contribution in [0, 0.1) is 0 Å². The highest BCUT2D eigenvalue weighted by atomic mass is 35.5. The lowest BCUT2D eigenvalue weighted by atomic mass is 9.87. The second kappa shape index (κ2) is 10.1. The predicted molar refractivity (Wildman–Crippen MR) is 131 cm³/mol. The molecule has 2 aromatic carbocycles. The summed E-state index contributed by atoms with van der Waals surface area (Å²) >= 11 is 13.3. The number of halogens is 2. The molecule has 0 aliphatic heterocycles. The number of nitrogens with one attached hydrogen (secondary N) is 1. The van der Waals surface area contributed by atoms with E-state index in [9.17, 15) is 4.79 Å². The zero-order valence-corrected chi connectivity index (χ0v) is 21.0. The fourth-order valence-electron chi connectivity index (χ4n) is 3.01. The van der Waals surface area contributed by atoms with Crippen molar-refractivity contribution in [3.05, 3.63) is 63.9 Å². The maximum Gasteiger partial charge on any atom is 0.234 e. The Labute approximate surface area is 202 Å². The SMILES string of the molecule is CC(Oc1ccc(C(C)(C)C)cc1)c1nnc(SCC(=O)Nc2cc(Cl)ccc2Cl)n1C. The zero-order valence-electron chi connectivity index (χ0n) is 18.6. The summed E-state index contributed by atoms with van der Waals surface area (Å²) in [6, 6.07) is 13.0. The molecule has 0 aliphatic carbocycles. The van der Waals surface area contributed by atoms with Crippen LogP contribution >= 0.6 is 35.0 Å². The number of nitrogens with zero attached hydrogens (tertiary/aromatic N) is 3. The van der Waals surface area contributed by atoms with Crippen molar-refractivity contribution in [3.63, 3.8) is 0 Å². The van der Waals surface area contributed by atoms with Gasteiger partial charge in [0.2, 0.25) is 5.91 Å². The first-order valence-corrected chi connectivity index (χ1v) is 11.8. The Kier molecular flexibility index (Phi) is 7.75. The van der Waals surface area contributed by atoms with E-state index in [0.717, 1.165) is 5.75 Å². The highest BCUT2D eigenvalue weighted by Gasteiger charge is 2.19. The minimum Gasteiger partial charge on any atom is -0.483 e. The molecule has 3 aromatic rings. The Morgan fingerprint density at radius 3 is 2.50 bits per heavy atom. The normalized spacial score (nSPS) is 12.5. The fourth-order valence-corrected chi connectivity index (χ4v) is 4.06. The van der Waals surface area contributed by atoms with Crippen molar-refractivity contribution in [3.8, 4) is 5.75 Å². The first-order valence-electron chi connectivity index (χ1n) is 10.1. The third kappa shape index (κ3) is 6.18. The summed E-state index contributed by atoms with van der Waals surface area (Å²) in [7, 11) is 1.85. The molecule has 0 saturated heterocycles. The Morgan fingerprint density at radius 2 is 1.84 bits per heavy atom. The van der Waals surface area contributed by atoms with Crippen molar-refractivity contribution in [2.45, 2.75) is 44.4 Å². The largest absolute Gasteiger partial charge is 0.483 e. The summed E-state index contributed by atoms with van der Waals surface area (Å²) in [5.41, 5.74) is 1.81. The van der Waals surface area contributed by atoms with Crippen LogP contribution in [-0.2, 0) is 17.3 Å². The van der Waals surface area contributed by atoms with Crippen molar-refractivity contribution in [2.24, 2.45) is 7.05 Å². The van der Waals surface area contributed by atoms with Crippen LogP contribution in [0.3, 0.4) is 0 Å². The van der Waals surface area contributed by atoms with Gasteiger partial charge in [0.15, 0.2) is 17.1 Å². The molecule has 0 fully saturated rings. The monoisotopic (exact) mass is 492 g/mol. The van der Waals surface area contributed by atoms with E-state index < -0.39 is 0 Å². The summed E-state index contributed by atoms with van der Waals surface area (Å²) in [6.07, 6.45) is -0.304. The smallest absolute Gasteiger partial charge is 0.234 e.